The molecule has 0 heterocycles. The van der Waals surface area contributed by atoms with Crippen molar-refractivity contribution in [2.45, 2.75) is 19.9 Å². The molecule has 0 fully saturated rings. The molecule has 0 saturated heterocycles. The summed E-state index contributed by atoms with van der Waals surface area (Å²) in [6.07, 6.45) is 0. The van der Waals surface area contributed by atoms with Crippen LogP contribution in [0.5, 0.6) is 0 Å². The van der Waals surface area contributed by atoms with Crippen LogP contribution in [0.25, 0.3) is 0 Å². The van der Waals surface area contributed by atoms with Gasteiger partial charge in [0.2, 0.25) is 0 Å². The maximum atomic E-state index is 13.4. The molecule has 6 heteroatoms. The number of nitrogens with one attached hydrogen (secondary N) is 1. The molecule has 94 valence electrons. The van der Waals surface area contributed by atoms with Crippen LogP contribution in [0.15, 0.2) is 12.1 Å². The molecule has 3 nitrogen and oxygen atoms in total. The lowest BCUT2D eigenvalue weighted by Crippen LogP contribution is -2.34. The number of hydrogen-bond acceptors (Lipinski definition) is 2. The maximum absolute atomic E-state index is 13.4. The molecule has 0 unspecified atom stereocenters. The number of anilines is 1. The monoisotopic (exact) mass is 263 g/mol. The Morgan fingerprint density at radius 2 is 1.82 bits per heavy atom. The van der Waals surface area contributed by atoms with Gasteiger partial charge in [0.05, 0.1) is 0 Å². The van der Waals surface area contributed by atoms with Gasteiger partial charge in [-0.1, -0.05) is 25.4 Å². The Morgan fingerprint density at radius 1 is 1.35 bits per heavy atom. The highest BCUT2D eigenvalue weighted by Crippen LogP contribution is 2.25. The highest BCUT2D eigenvalue weighted by molar-refractivity contribution is 6.30. The third-order valence-electron chi connectivity index (χ3n) is 2.24. The van der Waals surface area contributed by atoms with E-state index in [4.69, 9.17) is 16.7 Å². The minimum atomic E-state index is -1.17. The molecule has 0 amide bonds. The molecule has 0 bridgehead atoms. The highest BCUT2D eigenvalue weighted by Gasteiger charge is 2.24. The fourth-order valence-electron chi connectivity index (χ4n) is 1.35. The van der Waals surface area contributed by atoms with Crippen LogP contribution >= 0.6 is 11.6 Å². The van der Waals surface area contributed by atoms with Crippen molar-refractivity contribution in [3.8, 4) is 0 Å². The molecule has 0 aliphatic rings. The van der Waals surface area contributed by atoms with Gasteiger partial charge in [-0.05, 0) is 18.1 Å². The molecule has 0 aliphatic carbocycles. The first kappa shape index (κ1) is 13.7. The van der Waals surface area contributed by atoms with Crippen molar-refractivity contribution in [1.29, 1.82) is 0 Å². The summed E-state index contributed by atoms with van der Waals surface area (Å²) in [5.74, 6) is -3.32. The van der Waals surface area contributed by atoms with Gasteiger partial charge in [0.15, 0.2) is 11.6 Å². The maximum Gasteiger partial charge on any atom is 0.326 e. The Balaban J connectivity index is 3.05. The minimum Gasteiger partial charge on any atom is -0.480 e. The number of aliphatic carboxylic acids is 1. The van der Waals surface area contributed by atoms with Crippen molar-refractivity contribution < 1.29 is 18.7 Å². The molecule has 17 heavy (non-hydrogen) atoms. The van der Waals surface area contributed by atoms with Gasteiger partial charge in [-0.3, -0.25) is 0 Å². The van der Waals surface area contributed by atoms with Crippen molar-refractivity contribution in [3.05, 3.63) is 28.8 Å². The zero-order chi connectivity index (χ0) is 13.2. The van der Waals surface area contributed by atoms with Crippen LogP contribution in [0.2, 0.25) is 5.02 Å². The van der Waals surface area contributed by atoms with E-state index in [-0.39, 0.29) is 10.9 Å². The molecule has 1 rings (SSSR count). The van der Waals surface area contributed by atoms with Gasteiger partial charge >= 0.3 is 5.97 Å². The number of rotatable bonds is 4. The smallest absolute Gasteiger partial charge is 0.326 e. The van der Waals surface area contributed by atoms with E-state index in [0.29, 0.717) is 0 Å². The van der Waals surface area contributed by atoms with E-state index in [9.17, 15) is 13.6 Å². The Morgan fingerprint density at radius 3 is 2.18 bits per heavy atom. The number of carboxylic acids is 1. The fraction of sp³-hybridized carbons (Fsp3) is 0.364. The number of halogens is 3. The third-order valence-corrected chi connectivity index (χ3v) is 2.46. The minimum absolute atomic E-state index is 0.0815. The lowest BCUT2D eigenvalue weighted by Gasteiger charge is -2.19. The zero-order valence-corrected chi connectivity index (χ0v) is 10.1. The molecule has 0 aromatic heterocycles. The normalized spacial score (nSPS) is 12.6. The van der Waals surface area contributed by atoms with E-state index in [1.54, 1.807) is 13.8 Å². The van der Waals surface area contributed by atoms with Crippen molar-refractivity contribution in [2.75, 3.05) is 5.32 Å². The largest absolute Gasteiger partial charge is 0.480 e. The molecule has 0 spiro atoms. The van der Waals surface area contributed by atoms with E-state index in [2.05, 4.69) is 5.32 Å². The Kier molecular flexibility index (Phi) is 4.28. The first-order valence-electron chi connectivity index (χ1n) is 4.96. The van der Waals surface area contributed by atoms with E-state index in [1.165, 1.54) is 0 Å². The van der Waals surface area contributed by atoms with Crippen LogP contribution in [0, 0.1) is 17.6 Å². The second-order valence-corrected chi connectivity index (χ2v) is 4.39. The van der Waals surface area contributed by atoms with Gasteiger partial charge in [0.25, 0.3) is 0 Å². The second-order valence-electron chi connectivity index (χ2n) is 3.95. The second kappa shape index (κ2) is 5.31. The molecule has 2 N–H and O–H groups in total. The summed E-state index contributed by atoms with van der Waals surface area (Å²) in [4.78, 5) is 10.9. The first-order chi connectivity index (χ1) is 7.82. The van der Waals surface area contributed by atoms with Crippen molar-refractivity contribution in [3.63, 3.8) is 0 Å². The summed E-state index contributed by atoms with van der Waals surface area (Å²) in [5, 5.41) is 11.2. The molecule has 0 aliphatic heterocycles. The van der Waals surface area contributed by atoms with Gasteiger partial charge in [-0.15, -0.1) is 0 Å². The van der Waals surface area contributed by atoms with Gasteiger partial charge in [0, 0.05) is 5.02 Å². The Bertz CT molecular complexity index is 414. The Labute approximate surface area is 102 Å². The van der Waals surface area contributed by atoms with Gasteiger partial charge in [0.1, 0.15) is 11.7 Å². The van der Waals surface area contributed by atoms with Gasteiger partial charge in [-0.2, -0.15) is 0 Å². The molecular formula is C11H12ClF2NO2. The summed E-state index contributed by atoms with van der Waals surface area (Å²) in [7, 11) is 0. The van der Waals surface area contributed by atoms with E-state index < -0.39 is 29.3 Å². The molecule has 1 aromatic carbocycles. The summed E-state index contributed by atoms with van der Waals surface area (Å²) in [5.41, 5.74) is -0.476. The highest BCUT2D eigenvalue weighted by atomic mass is 35.5. The summed E-state index contributed by atoms with van der Waals surface area (Å²) < 4.78 is 26.8. The van der Waals surface area contributed by atoms with Crippen molar-refractivity contribution in [2.24, 2.45) is 5.92 Å². The Hall–Kier alpha value is -1.36. The number of carbonyl (C=O) groups is 1. The van der Waals surface area contributed by atoms with Crippen molar-refractivity contribution >= 4 is 23.3 Å². The molecule has 0 radical (unpaired) electrons. The molecule has 1 atom stereocenters. The lowest BCUT2D eigenvalue weighted by molar-refractivity contribution is -0.138. The quantitative estimate of drug-likeness (QED) is 0.877. The fourth-order valence-corrected chi connectivity index (χ4v) is 1.54. The predicted octanol–water partition coefficient (Wildman–Crippen LogP) is 3.14. The topological polar surface area (TPSA) is 49.3 Å². The lowest BCUT2D eigenvalue weighted by atomic mass is 10.0. The van der Waals surface area contributed by atoms with E-state index in [0.717, 1.165) is 12.1 Å². The first-order valence-corrected chi connectivity index (χ1v) is 5.34. The van der Waals surface area contributed by atoms with Crippen LogP contribution < -0.4 is 5.32 Å². The predicted molar refractivity (Wildman–Crippen MR) is 61.3 cm³/mol. The average molecular weight is 264 g/mol. The summed E-state index contributed by atoms with van der Waals surface area (Å²) in [6.45, 7) is 3.27. The van der Waals surface area contributed by atoms with Gasteiger partial charge < -0.3 is 10.4 Å². The number of benzene rings is 1. The standard InChI is InChI=1S/C11H12ClF2NO2/c1-5(2)9(11(16)17)15-10-7(13)3-6(12)4-8(10)14/h3-5,9,15H,1-2H3,(H,16,17)/t9-/m0/s1. The van der Waals surface area contributed by atoms with Crippen LogP contribution in [0.3, 0.4) is 0 Å². The summed E-state index contributed by atoms with van der Waals surface area (Å²) >= 11 is 5.46. The summed E-state index contributed by atoms with van der Waals surface area (Å²) in [6, 6.07) is 0.776. The molecule has 1 aromatic rings. The third kappa shape index (κ3) is 3.30. The van der Waals surface area contributed by atoms with Gasteiger partial charge in [-0.25, -0.2) is 13.6 Å². The SMILES string of the molecule is CC(C)[C@H](Nc1c(F)cc(Cl)cc1F)C(=O)O. The average Bonchev–Trinajstić information content (AvgIpc) is 2.14. The van der Waals surface area contributed by atoms with E-state index in [1.807, 2.05) is 0 Å². The zero-order valence-electron chi connectivity index (χ0n) is 9.30. The van der Waals surface area contributed by atoms with Crippen molar-refractivity contribution in [1.82, 2.24) is 0 Å². The number of hydrogen-bond donors (Lipinski definition) is 2. The van der Waals surface area contributed by atoms with Crippen LogP contribution in [-0.4, -0.2) is 17.1 Å². The van der Waals surface area contributed by atoms with Crippen LogP contribution in [0.1, 0.15) is 13.8 Å². The molecule has 0 saturated carbocycles. The number of carboxylic acid groups (broad SMARTS) is 1. The molecular weight excluding hydrogens is 252 g/mol. The van der Waals surface area contributed by atoms with Crippen LogP contribution in [0.4, 0.5) is 14.5 Å². The van der Waals surface area contributed by atoms with E-state index >= 15 is 0 Å². The van der Waals surface area contributed by atoms with Crippen LogP contribution in [-0.2, 0) is 4.79 Å².